The predicted molar refractivity (Wildman–Crippen MR) is 114 cm³/mol. The molecule has 3 rings (SSSR count). The van der Waals surface area contributed by atoms with Crippen LogP contribution < -0.4 is 14.9 Å². The Morgan fingerprint density at radius 3 is 2.62 bits per heavy atom. The van der Waals surface area contributed by atoms with Crippen LogP contribution in [0, 0.1) is 10.1 Å². The molecule has 0 unspecified atom stereocenters. The Morgan fingerprint density at radius 1 is 1.09 bits per heavy atom. The normalized spacial score (nSPS) is 10.9. The average Bonchev–Trinajstić information content (AvgIpc) is 3.31. The van der Waals surface area contributed by atoms with Crippen LogP contribution in [0.5, 0.6) is 11.5 Å². The second-order valence-electron chi connectivity index (χ2n) is 6.18. The van der Waals surface area contributed by atoms with Gasteiger partial charge in [0.25, 0.3) is 11.6 Å². The SMILES string of the molecule is O=C(COc1cccc([N+](=O)[O-])c1)NN=Cc1ccc(OC(=O)C=Cc2ccco2)cc1. The van der Waals surface area contributed by atoms with Gasteiger partial charge >= 0.3 is 5.97 Å². The zero-order valence-corrected chi connectivity index (χ0v) is 16.5. The number of esters is 1. The van der Waals surface area contributed by atoms with Crippen LogP contribution >= 0.6 is 0 Å². The molecule has 0 saturated carbocycles. The summed E-state index contributed by atoms with van der Waals surface area (Å²) < 4.78 is 15.5. The van der Waals surface area contributed by atoms with Crippen LogP contribution in [0.25, 0.3) is 6.08 Å². The number of benzene rings is 2. The van der Waals surface area contributed by atoms with E-state index in [-0.39, 0.29) is 18.0 Å². The van der Waals surface area contributed by atoms with E-state index in [0.717, 1.165) is 0 Å². The zero-order chi connectivity index (χ0) is 22.8. The highest BCUT2D eigenvalue weighted by Gasteiger charge is 2.08. The van der Waals surface area contributed by atoms with Crippen molar-refractivity contribution >= 4 is 29.9 Å². The molecule has 0 aliphatic heterocycles. The van der Waals surface area contributed by atoms with Gasteiger partial charge in [-0.05, 0) is 54.1 Å². The number of rotatable bonds is 9. The van der Waals surface area contributed by atoms with Crippen molar-refractivity contribution in [2.45, 2.75) is 0 Å². The van der Waals surface area contributed by atoms with Gasteiger partial charge in [0.1, 0.15) is 17.3 Å². The van der Waals surface area contributed by atoms with Crippen LogP contribution in [0.4, 0.5) is 5.69 Å². The molecule has 0 spiro atoms. The quantitative estimate of drug-likeness (QED) is 0.136. The van der Waals surface area contributed by atoms with Crippen molar-refractivity contribution in [1.29, 1.82) is 0 Å². The van der Waals surface area contributed by atoms with Gasteiger partial charge in [0, 0.05) is 12.1 Å². The van der Waals surface area contributed by atoms with E-state index in [9.17, 15) is 19.7 Å². The summed E-state index contributed by atoms with van der Waals surface area (Å²) in [6.07, 6.45) is 5.64. The molecular formula is C22H17N3O7. The molecule has 162 valence electrons. The summed E-state index contributed by atoms with van der Waals surface area (Å²) in [5.74, 6) is -0.0281. The second-order valence-corrected chi connectivity index (χ2v) is 6.18. The zero-order valence-electron chi connectivity index (χ0n) is 16.5. The third kappa shape index (κ3) is 6.95. The maximum absolute atomic E-state index is 11.8. The minimum atomic E-state index is -0.557. The number of ether oxygens (including phenoxy) is 2. The fraction of sp³-hybridized carbons (Fsp3) is 0.0455. The maximum atomic E-state index is 11.8. The number of furan rings is 1. The number of nitrogens with one attached hydrogen (secondary N) is 1. The molecule has 0 bridgehead atoms. The molecule has 3 aromatic rings. The third-order valence-electron chi connectivity index (χ3n) is 3.83. The molecule has 0 aliphatic rings. The van der Waals surface area contributed by atoms with Crippen LogP contribution in [0.3, 0.4) is 0 Å². The molecule has 2 aromatic carbocycles. The summed E-state index contributed by atoms with van der Waals surface area (Å²) in [5, 5.41) is 14.5. The molecule has 1 amide bonds. The molecule has 0 aliphatic carbocycles. The maximum Gasteiger partial charge on any atom is 0.336 e. The molecule has 1 aromatic heterocycles. The van der Waals surface area contributed by atoms with E-state index in [4.69, 9.17) is 13.9 Å². The number of nitro benzene ring substituents is 1. The lowest BCUT2D eigenvalue weighted by Gasteiger charge is -2.04. The highest BCUT2D eigenvalue weighted by molar-refractivity contribution is 5.88. The van der Waals surface area contributed by atoms with Crippen LogP contribution in [-0.4, -0.2) is 29.6 Å². The van der Waals surface area contributed by atoms with E-state index < -0.39 is 16.8 Å². The van der Waals surface area contributed by atoms with Gasteiger partial charge in [-0.3, -0.25) is 14.9 Å². The van der Waals surface area contributed by atoms with E-state index in [0.29, 0.717) is 17.1 Å². The molecule has 1 heterocycles. The van der Waals surface area contributed by atoms with Gasteiger partial charge in [0.05, 0.1) is 23.5 Å². The Morgan fingerprint density at radius 2 is 1.91 bits per heavy atom. The minimum absolute atomic E-state index is 0.136. The standard InChI is InChI=1S/C22H17N3O7/c26-21(15-31-20-4-1-3-17(13-20)25(28)29)24-23-14-16-6-8-19(9-7-16)32-22(27)11-10-18-5-2-12-30-18/h1-14H,15H2,(H,24,26). The summed E-state index contributed by atoms with van der Waals surface area (Å²) in [4.78, 5) is 33.8. The number of amides is 1. The van der Waals surface area contributed by atoms with Gasteiger partial charge in [-0.25, -0.2) is 10.2 Å². The molecule has 0 fully saturated rings. The minimum Gasteiger partial charge on any atom is -0.483 e. The van der Waals surface area contributed by atoms with Gasteiger partial charge in [-0.15, -0.1) is 0 Å². The highest BCUT2D eigenvalue weighted by Crippen LogP contribution is 2.18. The average molecular weight is 435 g/mol. The summed E-state index contributed by atoms with van der Waals surface area (Å²) >= 11 is 0. The summed E-state index contributed by atoms with van der Waals surface area (Å²) in [6.45, 7) is -0.362. The number of hydrogen-bond acceptors (Lipinski definition) is 8. The monoisotopic (exact) mass is 435 g/mol. The lowest BCUT2D eigenvalue weighted by molar-refractivity contribution is -0.384. The summed E-state index contributed by atoms with van der Waals surface area (Å²) in [5.41, 5.74) is 2.80. The number of hydrogen-bond donors (Lipinski definition) is 1. The first kappa shape index (κ1) is 22.0. The van der Waals surface area contributed by atoms with Crippen molar-refractivity contribution in [3.63, 3.8) is 0 Å². The Bertz CT molecular complexity index is 1140. The second kappa shape index (κ2) is 10.9. The third-order valence-corrected chi connectivity index (χ3v) is 3.83. The number of nitro groups is 1. The van der Waals surface area contributed by atoms with Crippen molar-refractivity contribution in [2.75, 3.05) is 6.61 Å². The molecular weight excluding hydrogens is 418 g/mol. The molecule has 32 heavy (non-hydrogen) atoms. The van der Waals surface area contributed by atoms with Crippen LogP contribution in [0.2, 0.25) is 0 Å². The number of non-ortho nitro benzene ring substituents is 1. The molecule has 0 radical (unpaired) electrons. The predicted octanol–water partition coefficient (Wildman–Crippen LogP) is 3.34. The van der Waals surface area contributed by atoms with Crippen LogP contribution in [-0.2, 0) is 9.59 Å². The number of carbonyl (C=O) groups excluding carboxylic acids is 2. The van der Waals surface area contributed by atoms with Gasteiger partial charge in [-0.1, -0.05) is 6.07 Å². The fourth-order valence-corrected chi connectivity index (χ4v) is 2.36. The van der Waals surface area contributed by atoms with E-state index >= 15 is 0 Å². The molecule has 1 N–H and O–H groups in total. The van der Waals surface area contributed by atoms with Crippen molar-refractivity contribution in [1.82, 2.24) is 5.43 Å². The highest BCUT2D eigenvalue weighted by atomic mass is 16.6. The Kier molecular flexibility index (Phi) is 7.47. The first-order chi connectivity index (χ1) is 15.5. The van der Waals surface area contributed by atoms with E-state index in [1.54, 1.807) is 36.4 Å². The van der Waals surface area contributed by atoms with Gasteiger partial charge < -0.3 is 13.9 Å². The number of hydrazone groups is 1. The topological polar surface area (TPSA) is 133 Å². The van der Waals surface area contributed by atoms with Gasteiger partial charge in [0.2, 0.25) is 0 Å². The molecule has 0 atom stereocenters. The van der Waals surface area contributed by atoms with Crippen molar-refractivity contribution in [3.8, 4) is 11.5 Å². The summed E-state index contributed by atoms with van der Waals surface area (Å²) in [6, 6.07) is 15.4. The molecule has 0 saturated heterocycles. The first-order valence-electron chi connectivity index (χ1n) is 9.22. The largest absolute Gasteiger partial charge is 0.483 e. The van der Waals surface area contributed by atoms with Gasteiger partial charge in [-0.2, -0.15) is 5.10 Å². The van der Waals surface area contributed by atoms with Crippen LogP contribution in [0.15, 0.2) is 82.5 Å². The van der Waals surface area contributed by atoms with Gasteiger partial charge in [0.15, 0.2) is 6.61 Å². The number of nitrogens with zero attached hydrogens (tertiary/aromatic N) is 2. The Balaban J connectivity index is 1.43. The summed E-state index contributed by atoms with van der Waals surface area (Å²) in [7, 11) is 0. The fourth-order valence-electron chi connectivity index (χ4n) is 2.36. The van der Waals surface area contributed by atoms with Crippen molar-refractivity contribution < 1.29 is 28.4 Å². The smallest absolute Gasteiger partial charge is 0.336 e. The van der Waals surface area contributed by atoms with Crippen LogP contribution in [0.1, 0.15) is 11.3 Å². The first-order valence-corrected chi connectivity index (χ1v) is 9.22. The molecule has 10 heteroatoms. The lowest BCUT2D eigenvalue weighted by atomic mass is 10.2. The van der Waals surface area contributed by atoms with E-state index in [1.807, 2.05) is 0 Å². The lowest BCUT2D eigenvalue weighted by Crippen LogP contribution is -2.24. The number of carbonyl (C=O) groups is 2. The van der Waals surface area contributed by atoms with Crippen molar-refractivity contribution in [2.24, 2.45) is 5.10 Å². The van der Waals surface area contributed by atoms with Crippen molar-refractivity contribution in [3.05, 3.63) is 94.4 Å². The Hall–Kier alpha value is -4.73. The van der Waals surface area contributed by atoms with E-state index in [1.165, 1.54) is 48.9 Å². The Labute approximate surface area is 181 Å². The molecule has 10 nitrogen and oxygen atoms in total. The van der Waals surface area contributed by atoms with E-state index in [2.05, 4.69) is 10.5 Å².